The van der Waals surface area contributed by atoms with Crippen LogP contribution in [-0.4, -0.2) is 35.1 Å². The van der Waals surface area contributed by atoms with E-state index in [0.29, 0.717) is 59.4 Å². The van der Waals surface area contributed by atoms with Crippen molar-refractivity contribution >= 4 is 11.6 Å². The Kier molecular flexibility index (Phi) is 19.7. The van der Waals surface area contributed by atoms with E-state index >= 15 is 0 Å². The first-order valence-electron chi connectivity index (χ1n) is 30.2. The molecule has 0 radical (unpaired) electrons. The molecule has 0 aliphatic heterocycles. The van der Waals surface area contributed by atoms with Crippen LogP contribution in [0.5, 0.6) is 34.5 Å². The number of hydrogen-bond donors (Lipinski definition) is 0. The lowest BCUT2D eigenvalue weighted by molar-refractivity contribution is -0.288. The van der Waals surface area contributed by atoms with Crippen LogP contribution in [0, 0.1) is 0 Å². The van der Waals surface area contributed by atoms with Gasteiger partial charge in [-0.3, -0.25) is 9.59 Å². The number of benzene rings is 8. The molecule has 0 saturated carbocycles. The Balaban J connectivity index is 0.906. The fourth-order valence-corrected chi connectivity index (χ4v) is 12.2. The van der Waals surface area contributed by atoms with Gasteiger partial charge in [0.25, 0.3) is 0 Å². The second-order valence-electron chi connectivity index (χ2n) is 23.0. The molecule has 0 fully saturated rings. The monoisotopic (exact) mass is 1190 g/mol. The lowest BCUT2D eigenvalue weighted by atomic mass is 9.61. The van der Waals surface area contributed by atoms with E-state index in [4.69, 9.17) is 18.9 Å². The summed E-state index contributed by atoms with van der Waals surface area (Å²) in [7, 11) is 0. The Morgan fingerprint density at radius 1 is 0.322 bits per heavy atom. The summed E-state index contributed by atoms with van der Waals surface area (Å²) in [5.74, 6) is 2.10. The van der Waals surface area contributed by atoms with E-state index in [1.807, 2.05) is 118 Å². The maximum absolute atomic E-state index is 15.0. The summed E-state index contributed by atoms with van der Waals surface area (Å²) in [6.45, 7) is 20.8. The van der Waals surface area contributed by atoms with Crippen molar-refractivity contribution in [2.24, 2.45) is 0 Å². The fourth-order valence-electron chi connectivity index (χ4n) is 12.2. The first-order chi connectivity index (χ1) is 41.4. The Morgan fingerprint density at radius 2 is 0.609 bits per heavy atom. The molecule has 0 saturated heterocycles. The van der Waals surface area contributed by atoms with Gasteiger partial charge in [-0.15, -0.1) is 0 Å². The van der Waals surface area contributed by atoms with E-state index in [0.717, 1.165) is 96.7 Å². The van der Waals surface area contributed by atoms with Gasteiger partial charge in [-0.2, -0.15) is 26.3 Å². The van der Waals surface area contributed by atoms with Crippen molar-refractivity contribution in [3.8, 4) is 45.6 Å². The molecule has 0 bridgehead atoms. The van der Waals surface area contributed by atoms with Crippen LogP contribution in [0.4, 0.5) is 26.3 Å². The van der Waals surface area contributed by atoms with Crippen LogP contribution in [0.15, 0.2) is 194 Å². The minimum Gasteiger partial charge on any atom is -0.488 e. The van der Waals surface area contributed by atoms with Crippen molar-refractivity contribution < 1.29 is 54.9 Å². The maximum Gasteiger partial charge on any atom is 0.411 e. The van der Waals surface area contributed by atoms with Crippen LogP contribution in [0.1, 0.15) is 175 Å². The van der Waals surface area contributed by atoms with E-state index in [-0.39, 0.29) is 34.2 Å². The molecule has 0 aliphatic rings. The lowest BCUT2D eigenvalue weighted by Gasteiger charge is -2.50. The Hall–Kier alpha value is -8.12. The van der Waals surface area contributed by atoms with E-state index in [1.165, 1.54) is 17.7 Å². The average Bonchev–Trinajstić information content (AvgIpc) is 0.848. The van der Waals surface area contributed by atoms with Crippen molar-refractivity contribution in [3.05, 3.63) is 239 Å². The highest BCUT2D eigenvalue weighted by Gasteiger charge is 2.72. The second-order valence-corrected chi connectivity index (χ2v) is 23.0. The highest BCUT2D eigenvalue weighted by atomic mass is 19.4. The summed E-state index contributed by atoms with van der Waals surface area (Å²) in [4.78, 5) is 27.3. The fraction of sp³-hybridized carbons (Fsp3) is 0.333. The SMILES string of the molecule is CCC(C)(CC)Oc1ccc(C(c2ccc(Oc3ccc(C(=O)c4ccc(C(CC)(CC)C(CC)(CC)Oc5ccc(-c6ccc(Oc7ccc(C(=O)c8ccc(C(C)(CC)CC)cc8)cc7)cc6)cc5)cc4)cc3)cc2)(C(F)(F)F)C(F)(F)F)cc1. The molecule has 0 spiro atoms. The standard InChI is InChI=1S/C75H78F6O6/c1-11-69(9,12-2)57-31-19-53(20-32-57)67(82)55-27-41-62(42-28-55)84-61-39-23-51(24-40-61)52-25-45-66(46-26-52)87-72(17-7,18-8)71(15-5,16-6)58-33-21-54(22-34-58)68(83)56-29-43-63(44-30-56)85-64-47-35-59(36-48-64)73(74(76,77)78,75(79,80)81)60-37-49-65(50-38-60)86-70(10,13-3)14-4/h19-50H,11-18H2,1-10H3. The molecule has 8 rings (SSSR count). The van der Waals surface area contributed by atoms with Gasteiger partial charge in [-0.05, 0) is 194 Å². The zero-order chi connectivity index (χ0) is 63.0. The number of hydrogen-bond acceptors (Lipinski definition) is 6. The van der Waals surface area contributed by atoms with Crippen LogP contribution in [0.3, 0.4) is 0 Å². The smallest absolute Gasteiger partial charge is 0.411 e. The van der Waals surface area contributed by atoms with Gasteiger partial charge in [-0.25, -0.2) is 0 Å². The third-order valence-electron chi connectivity index (χ3n) is 18.7. The Labute approximate surface area is 508 Å². The van der Waals surface area contributed by atoms with Gasteiger partial charge < -0.3 is 18.9 Å². The zero-order valence-corrected chi connectivity index (χ0v) is 51.3. The minimum atomic E-state index is -5.77. The van der Waals surface area contributed by atoms with Gasteiger partial charge in [0.15, 0.2) is 11.6 Å². The zero-order valence-electron chi connectivity index (χ0n) is 51.3. The van der Waals surface area contributed by atoms with Crippen LogP contribution in [-0.2, 0) is 16.2 Å². The number of rotatable bonds is 26. The summed E-state index contributed by atoms with van der Waals surface area (Å²) < 4.78 is 115. The number of ketones is 2. The molecule has 0 amide bonds. The number of carbonyl (C=O) groups is 2. The van der Waals surface area contributed by atoms with Crippen LogP contribution in [0.2, 0.25) is 0 Å². The number of alkyl halides is 6. The van der Waals surface area contributed by atoms with Crippen molar-refractivity contribution in [1.29, 1.82) is 0 Å². The maximum atomic E-state index is 15.0. The van der Waals surface area contributed by atoms with Crippen molar-refractivity contribution in [1.82, 2.24) is 0 Å². The first-order valence-corrected chi connectivity index (χ1v) is 30.2. The molecule has 0 N–H and O–H groups in total. The Morgan fingerprint density at radius 3 is 0.931 bits per heavy atom. The molecule has 0 unspecified atom stereocenters. The molecule has 0 aromatic heterocycles. The van der Waals surface area contributed by atoms with E-state index in [2.05, 4.69) is 60.6 Å². The van der Waals surface area contributed by atoms with E-state index in [9.17, 15) is 35.9 Å². The summed E-state index contributed by atoms with van der Waals surface area (Å²) in [5.41, 5.74) is -1.67. The minimum absolute atomic E-state index is 0.00575. The number of halogens is 6. The van der Waals surface area contributed by atoms with Crippen molar-refractivity contribution in [2.75, 3.05) is 0 Å². The summed E-state index contributed by atoms with van der Waals surface area (Å²) in [6, 6.07) is 52.5. The molecular formula is C75H78F6O6. The van der Waals surface area contributed by atoms with Crippen LogP contribution >= 0.6 is 0 Å². The predicted molar refractivity (Wildman–Crippen MR) is 334 cm³/mol. The summed E-state index contributed by atoms with van der Waals surface area (Å²) in [6.07, 6.45) is -5.38. The van der Waals surface area contributed by atoms with Gasteiger partial charge in [-0.1, -0.05) is 159 Å². The van der Waals surface area contributed by atoms with Crippen LogP contribution in [0.25, 0.3) is 11.1 Å². The second kappa shape index (κ2) is 26.5. The summed E-state index contributed by atoms with van der Waals surface area (Å²) in [5, 5.41) is 0. The molecule has 12 heteroatoms. The quantitative estimate of drug-likeness (QED) is 0.0397. The Bertz CT molecular complexity index is 3520. The van der Waals surface area contributed by atoms with Gasteiger partial charge in [0.1, 0.15) is 45.7 Å². The highest BCUT2D eigenvalue weighted by Crippen LogP contribution is 2.57. The molecule has 0 aliphatic carbocycles. The number of carbonyl (C=O) groups excluding carboxylic acids is 2. The largest absolute Gasteiger partial charge is 0.488 e. The number of ether oxygens (including phenoxy) is 4. The molecule has 0 heterocycles. The third kappa shape index (κ3) is 13.1. The average molecular weight is 1190 g/mol. The van der Waals surface area contributed by atoms with E-state index in [1.54, 1.807) is 24.3 Å². The molecule has 456 valence electrons. The molecular weight excluding hydrogens is 1110 g/mol. The van der Waals surface area contributed by atoms with Crippen molar-refractivity contribution in [2.45, 2.75) is 160 Å². The summed E-state index contributed by atoms with van der Waals surface area (Å²) >= 11 is 0. The predicted octanol–water partition coefficient (Wildman–Crippen LogP) is 21.5. The van der Waals surface area contributed by atoms with Crippen molar-refractivity contribution in [3.63, 3.8) is 0 Å². The topological polar surface area (TPSA) is 71.1 Å². The van der Waals surface area contributed by atoms with Gasteiger partial charge in [0.2, 0.25) is 5.41 Å². The van der Waals surface area contributed by atoms with Gasteiger partial charge in [0, 0.05) is 27.7 Å². The molecule has 87 heavy (non-hydrogen) atoms. The van der Waals surface area contributed by atoms with Crippen LogP contribution < -0.4 is 18.9 Å². The first kappa shape index (κ1) is 64.9. The van der Waals surface area contributed by atoms with E-state index < -0.39 is 45.5 Å². The normalized spacial score (nSPS) is 12.6. The molecule has 8 aromatic rings. The third-order valence-corrected chi connectivity index (χ3v) is 18.7. The van der Waals surface area contributed by atoms with Gasteiger partial charge >= 0.3 is 12.4 Å². The molecule has 8 aromatic carbocycles. The van der Waals surface area contributed by atoms with Gasteiger partial charge in [0.05, 0.1) is 0 Å². The lowest BCUT2D eigenvalue weighted by Crippen LogP contribution is -2.54. The highest BCUT2D eigenvalue weighted by molar-refractivity contribution is 6.09. The molecule has 6 nitrogen and oxygen atoms in total. The molecule has 0 atom stereocenters.